The molecule has 1 N–H and O–H groups in total. The third-order valence-corrected chi connectivity index (χ3v) is 5.62. The standard InChI is InChI=1S/C21H19F2N5O/c22-17-6-12(7-18(19(17)23)28-5-2-14(29)11-28)15-8-16(15)13-9-26-21(27-10-13)20-24-3-1-4-25-20/h1,3-4,6-7,9-10,14-16,29H,2,5,8,11H2/t14?,15-,16-/m1/s1. The Kier molecular flexibility index (Phi) is 4.43. The van der Waals surface area contributed by atoms with E-state index < -0.39 is 17.7 Å². The molecule has 29 heavy (non-hydrogen) atoms. The summed E-state index contributed by atoms with van der Waals surface area (Å²) in [4.78, 5) is 18.7. The van der Waals surface area contributed by atoms with E-state index in [0.29, 0.717) is 31.2 Å². The fraction of sp³-hybridized carbons (Fsp3) is 0.333. The largest absolute Gasteiger partial charge is 0.391 e. The Morgan fingerprint density at radius 2 is 1.62 bits per heavy atom. The molecule has 0 amide bonds. The molecular weight excluding hydrogens is 376 g/mol. The molecule has 6 nitrogen and oxygen atoms in total. The van der Waals surface area contributed by atoms with Crippen LogP contribution in [-0.4, -0.2) is 44.2 Å². The van der Waals surface area contributed by atoms with Crippen LogP contribution in [-0.2, 0) is 0 Å². The van der Waals surface area contributed by atoms with Crippen molar-refractivity contribution in [3.8, 4) is 11.6 Å². The number of benzene rings is 1. The molecule has 3 heterocycles. The summed E-state index contributed by atoms with van der Waals surface area (Å²) in [6, 6.07) is 4.72. The lowest BCUT2D eigenvalue weighted by Gasteiger charge is -2.20. The van der Waals surface area contributed by atoms with Gasteiger partial charge in [-0.15, -0.1) is 0 Å². The molecule has 2 aliphatic rings. The number of anilines is 1. The maximum Gasteiger partial charge on any atom is 0.197 e. The number of aliphatic hydroxyl groups is 1. The summed E-state index contributed by atoms with van der Waals surface area (Å²) in [5.41, 5.74) is 1.95. The Bertz CT molecular complexity index is 1030. The second-order valence-electron chi connectivity index (χ2n) is 7.59. The van der Waals surface area contributed by atoms with Gasteiger partial charge in [0.25, 0.3) is 0 Å². The van der Waals surface area contributed by atoms with Gasteiger partial charge in [-0.05, 0) is 54.0 Å². The van der Waals surface area contributed by atoms with Gasteiger partial charge in [0.2, 0.25) is 0 Å². The lowest BCUT2D eigenvalue weighted by atomic mass is 10.0. The van der Waals surface area contributed by atoms with Gasteiger partial charge in [-0.25, -0.2) is 28.7 Å². The summed E-state index contributed by atoms with van der Waals surface area (Å²) in [7, 11) is 0. The third kappa shape index (κ3) is 3.44. The van der Waals surface area contributed by atoms with Crippen LogP contribution in [0.4, 0.5) is 14.5 Å². The van der Waals surface area contributed by atoms with Crippen molar-refractivity contribution in [2.45, 2.75) is 30.8 Å². The van der Waals surface area contributed by atoms with Gasteiger partial charge in [0.1, 0.15) is 0 Å². The van der Waals surface area contributed by atoms with E-state index in [9.17, 15) is 13.9 Å². The van der Waals surface area contributed by atoms with Crippen LogP contribution in [0, 0.1) is 11.6 Å². The first-order chi connectivity index (χ1) is 14.1. The lowest BCUT2D eigenvalue weighted by molar-refractivity contribution is 0.198. The van der Waals surface area contributed by atoms with Gasteiger partial charge >= 0.3 is 0 Å². The molecule has 2 fully saturated rings. The molecular formula is C21H19F2N5O. The molecule has 3 atom stereocenters. The predicted octanol–water partition coefficient (Wildman–Crippen LogP) is 3.05. The lowest BCUT2D eigenvalue weighted by Crippen LogP contribution is -2.22. The number of β-amino-alcohol motifs (C(OH)–C–C–N with tert-alkyl or cyclic N) is 1. The monoisotopic (exact) mass is 395 g/mol. The Hall–Kier alpha value is -3.00. The first kappa shape index (κ1) is 18.1. The van der Waals surface area contributed by atoms with Gasteiger partial charge in [-0.3, -0.25) is 0 Å². The van der Waals surface area contributed by atoms with E-state index in [1.807, 2.05) is 0 Å². The van der Waals surface area contributed by atoms with Gasteiger partial charge in [-0.2, -0.15) is 0 Å². The smallest absolute Gasteiger partial charge is 0.197 e. The molecule has 0 radical (unpaired) electrons. The number of aromatic nitrogens is 4. The minimum atomic E-state index is -0.851. The summed E-state index contributed by atoms with van der Waals surface area (Å²) in [6.45, 7) is 0.844. The highest BCUT2D eigenvalue weighted by Crippen LogP contribution is 2.55. The van der Waals surface area contributed by atoms with Crippen LogP contribution < -0.4 is 4.90 Å². The summed E-state index contributed by atoms with van der Waals surface area (Å²) in [5, 5.41) is 9.73. The van der Waals surface area contributed by atoms with Gasteiger partial charge in [0, 0.05) is 37.9 Å². The fourth-order valence-corrected chi connectivity index (χ4v) is 3.99. The zero-order chi connectivity index (χ0) is 20.0. The molecule has 148 valence electrons. The zero-order valence-corrected chi connectivity index (χ0v) is 15.5. The second-order valence-corrected chi connectivity index (χ2v) is 7.59. The normalized spacial score (nSPS) is 23.4. The van der Waals surface area contributed by atoms with Crippen molar-refractivity contribution in [2.24, 2.45) is 0 Å². The molecule has 3 aromatic rings. The molecule has 1 unspecified atom stereocenters. The van der Waals surface area contributed by atoms with E-state index in [0.717, 1.165) is 17.5 Å². The molecule has 1 aromatic carbocycles. The second kappa shape index (κ2) is 7.11. The van der Waals surface area contributed by atoms with Crippen molar-refractivity contribution in [1.82, 2.24) is 19.9 Å². The molecule has 0 bridgehead atoms. The highest BCUT2D eigenvalue weighted by Gasteiger charge is 2.41. The van der Waals surface area contributed by atoms with Crippen molar-refractivity contribution < 1.29 is 13.9 Å². The van der Waals surface area contributed by atoms with Crippen LogP contribution in [0.3, 0.4) is 0 Å². The Morgan fingerprint density at radius 1 is 0.931 bits per heavy atom. The summed E-state index contributed by atoms with van der Waals surface area (Å²) in [6.07, 6.45) is 7.66. The average Bonchev–Trinajstić information content (AvgIpc) is 3.44. The molecule has 1 aliphatic carbocycles. The summed E-state index contributed by atoms with van der Waals surface area (Å²) in [5.74, 6) is -0.520. The van der Waals surface area contributed by atoms with Crippen LogP contribution in [0.2, 0.25) is 0 Å². The first-order valence-corrected chi connectivity index (χ1v) is 9.61. The Balaban J connectivity index is 1.36. The van der Waals surface area contributed by atoms with E-state index in [4.69, 9.17) is 0 Å². The van der Waals surface area contributed by atoms with E-state index in [-0.39, 0.29) is 17.5 Å². The summed E-state index contributed by atoms with van der Waals surface area (Å²) < 4.78 is 28.6. The van der Waals surface area contributed by atoms with Crippen molar-refractivity contribution in [2.75, 3.05) is 18.0 Å². The molecule has 2 aromatic heterocycles. The van der Waals surface area contributed by atoms with Crippen LogP contribution in [0.5, 0.6) is 0 Å². The first-order valence-electron chi connectivity index (χ1n) is 9.61. The maximum atomic E-state index is 14.3. The van der Waals surface area contributed by atoms with Crippen molar-refractivity contribution in [1.29, 1.82) is 0 Å². The SMILES string of the molecule is OC1CCN(c2cc([C@H]3C[C@@H]3c3cnc(-c4ncccn4)nc3)cc(F)c2F)C1. The fourth-order valence-electron chi connectivity index (χ4n) is 3.99. The quantitative estimate of drug-likeness (QED) is 0.732. The van der Waals surface area contributed by atoms with Crippen LogP contribution in [0.15, 0.2) is 43.0 Å². The van der Waals surface area contributed by atoms with Gasteiger partial charge in [0.15, 0.2) is 23.3 Å². The highest BCUT2D eigenvalue weighted by atomic mass is 19.2. The molecule has 8 heteroatoms. The van der Waals surface area contributed by atoms with Crippen molar-refractivity contribution in [3.63, 3.8) is 0 Å². The molecule has 1 aliphatic heterocycles. The predicted molar refractivity (Wildman–Crippen MR) is 102 cm³/mol. The van der Waals surface area contributed by atoms with E-state index >= 15 is 0 Å². The van der Waals surface area contributed by atoms with Gasteiger partial charge in [-0.1, -0.05) is 0 Å². The minimum Gasteiger partial charge on any atom is -0.391 e. The van der Waals surface area contributed by atoms with Crippen LogP contribution in [0.1, 0.15) is 35.8 Å². The third-order valence-electron chi connectivity index (χ3n) is 5.62. The number of aliphatic hydroxyl groups excluding tert-OH is 1. The van der Waals surface area contributed by atoms with Crippen LogP contribution in [0.25, 0.3) is 11.6 Å². The van der Waals surface area contributed by atoms with Gasteiger partial charge in [0.05, 0.1) is 11.8 Å². The summed E-state index contributed by atoms with van der Waals surface area (Å²) >= 11 is 0. The maximum absolute atomic E-state index is 14.3. The van der Waals surface area contributed by atoms with E-state index in [1.165, 1.54) is 6.07 Å². The number of halogens is 2. The van der Waals surface area contributed by atoms with E-state index in [1.54, 1.807) is 41.8 Å². The molecule has 5 rings (SSSR count). The Morgan fingerprint density at radius 3 is 2.31 bits per heavy atom. The molecule has 1 saturated carbocycles. The molecule has 0 spiro atoms. The topological polar surface area (TPSA) is 75.0 Å². The van der Waals surface area contributed by atoms with Crippen LogP contribution >= 0.6 is 0 Å². The van der Waals surface area contributed by atoms with Crippen molar-refractivity contribution in [3.05, 3.63) is 65.7 Å². The minimum absolute atomic E-state index is 0.0961. The highest BCUT2D eigenvalue weighted by molar-refractivity contribution is 5.54. The molecule has 1 saturated heterocycles. The van der Waals surface area contributed by atoms with E-state index in [2.05, 4.69) is 19.9 Å². The Labute approximate surface area is 166 Å². The zero-order valence-electron chi connectivity index (χ0n) is 15.5. The van der Waals surface area contributed by atoms with Gasteiger partial charge < -0.3 is 10.0 Å². The van der Waals surface area contributed by atoms with Crippen molar-refractivity contribution >= 4 is 5.69 Å². The average molecular weight is 395 g/mol. The number of rotatable bonds is 4. The number of hydrogen-bond donors (Lipinski definition) is 1. The number of nitrogens with zero attached hydrogens (tertiary/aromatic N) is 5. The number of hydrogen-bond acceptors (Lipinski definition) is 6.